The molecular formula is C12H12OS. The second-order valence-corrected chi connectivity index (χ2v) is 4.01. The van der Waals surface area contributed by atoms with Crippen LogP contribution in [0.2, 0.25) is 0 Å². The first-order valence-electron chi connectivity index (χ1n) is 4.62. The van der Waals surface area contributed by atoms with E-state index in [1.165, 1.54) is 5.39 Å². The summed E-state index contributed by atoms with van der Waals surface area (Å²) in [5.74, 6) is 0.969. The average molecular weight is 204 g/mol. The summed E-state index contributed by atoms with van der Waals surface area (Å²) in [5.41, 5.74) is 0.968. The van der Waals surface area contributed by atoms with Gasteiger partial charge in [0.2, 0.25) is 0 Å². The highest BCUT2D eigenvalue weighted by atomic mass is 32.2. The molecule has 0 aliphatic carbocycles. The summed E-state index contributed by atoms with van der Waals surface area (Å²) in [4.78, 5) is 0. The van der Waals surface area contributed by atoms with Crippen molar-refractivity contribution in [3.05, 3.63) is 42.5 Å². The Morgan fingerprint density at radius 1 is 1.36 bits per heavy atom. The first-order chi connectivity index (χ1) is 6.90. The van der Waals surface area contributed by atoms with Gasteiger partial charge in [-0.05, 0) is 19.1 Å². The lowest BCUT2D eigenvalue weighted by Gasteiger charge is -1.89. The van der Waals surface area contributed by atoms with Crippen LogP contribution in [0.25, 0.3) is 11.0 Å². The maximum atomic E-state index is 5.64. The monoisotopic (exact) mass is 204 g/mol. The molecule has 0 bridgehead atoms. The van der Waals surface area contributed by atoms with E-state index in [2.05, 4.69) is 24.3 Å². The minimum Gasteiger partial charge on any atom is -0.450 e. The van der Waals surface area contributed by atoms with Gasteiger partial charge in [0.25, 0.3) is 0 Å². The van der Waals surface area contributed by atoms with Gasteiger partial charge in [-0.25, -0.2) is 0 Å². The highest BCUT2D eigenvalue weighted by Crippen LogP contribution is 2.26. The van der Waals surface area contributed by atoms with E-state index in [0.29, 0.717) is 0 Å². The lowest BCUT2D eigenvalue weighted by molar-refractivity contribution is 0.515. The largest absolute Gasteiger partial charge is 0.450 e. The molecule has 0 unspecified atom stereocenters. The smallest absolute Gasteiger partial charge is 0.161 e. The molecule has 2 rings (SSSR count). The Morgan fingerprint density at radius 2 is 2.21 bits per heavy atom. The third-order valence-electron chi connectivity index (χ3n) is 1.96. The molecule has 0 spiro atoms. The summed E-state index contributed by atoms with van der Waals surface area (Å²) >= 11 is 1.72. The number of benzene rings is 1. The van der Waals surface area contributed by atoms with Crippen LogP contribution in [0.15, 0.2) is 52.0 Å². The van der Waals surface area contributed by atoms with Crippen molar-refractivity contribution < 1.29 is 4.42 Å². The molecule has 0 aliphatic heterocycles. The van der Waals surface area contributed by atoms with Gasteiger partial charge in [0.1, 0.15) is 5.58 Å². The summed E-state index contributed by atoms with van der Waals surface area (Å²) in [6.07, 6.45) is 4.17. The van der Waals surface area contributed by atoms with Crippen molar-refractivity contribution in [3.63, 3.8) is 0 Å². The fourth-order valence-electron chi connectivity index (χ4n) is 1.26. The van der Waals surface area contributed by atoms with E-state index >= 15 is 0 Å². The van der Waals surface area contributed by atoms with Crippen molar-refractivity contribution in [1.29, 1.82) is 0 Å². The molecule has 1 aromatic heterocycles. The van der Waals surface area contributed by atoms with E-state index < -0.39 is 0 Å². The Bertz CT molecular complexity index is 409. The Kier molecular flexibility index (Phi) is 2.94. The van der Waals surface area contributed by atoms with E-state index in [4.69, 9.17) is 4.42 Å². The molecule has 14 heavy (non-hydrogen) atoms. The zero-order valence-electron chi connectivity index (χ0n) is 8.07. The number of para-hydroxylation sites is 1. The van der Waals surface area contributed by atoms with Crippen molar-refractivity contribution in [3.8, 4) is 0 Å². The SMILES string of the molecule is C/C=C/CSc1cc2ccccc2o1. The first kappa shape index (κ1) is 9.41. The van der Waals surface area contributed by atoms with E-state index in [1.54, 1.807) is 11.8 Å². The van der Waals surface area contributed by atoms with Gasteiger partial charge in [0.15, 0.2) is 5.09 Å². The number of fused-ring (bicyclic) bond motifs is 1. The number of rotatable bonds is 3. The lowest BCUT2D eigenvalue weighted by Crippen LogP contribution is -1.67. The minimum absolute atomic E-state index is 0.968. The number of furan rings is 1. The van der Waals surface area contributed by atoms with Crippen LogP contribution < -0.4 is 0 Å². The maximum Gasteiger partial charge on any atom is 0.161 e. The molecule has 1 nitrogen and oxygen atoms in total. The lowest BCUT2D eigenvalue weighted by atomic mass is 10.3. The molecule has 0 atom stereocenters. The molecule has 1 heterocycles. The van der Waals surface area contributed by atoms with E-state index in [9.17, 15) is 0 Å². The van der Waals surface area contributed by atoms with Crippen molar-refractivity contribution in [2.24, 2.45) is 0 Å². The van der Waals surface area contributed by atoms with Crippen LogP contribution >= 0.6 is 11.8 Å². The molecule has 0 radical (unpaired) electrons. The highest BCUT2D eigenvalue weighted by Gasteiger charge is 2.01. The zero-order valence-corrected chi connectivity index (χ0v) is 8.88. The number of thioether (sulfide) groups is 1. The van der Waals surface area contributed by atoms with Crippen molar-refractivity contribution in [2.45, 2.75) is 12.0 Å². The molecule has 0 saturated heterocycles. The second-order valence-electron chi connectivity index (χ2n) is 2.98. The van der Waals surface area contributed by atoms with Gasteiger partial charge < -0.3 is 4.42 Å². The molecular weight excluding hydrogens is 192 g/mol. The highest BCUT2D eigenvalue weighted by molar-refractivity contribution is 7.99. The Labute approximate surface area is 87.8 Å². The normalized spacial score (nSPS) is 11.5. The third-order valence-corrected chi connectivity index (χ3v) is 2.81. The third kappa shape index (κ3) is 2.02. The molecule has 0 N–H and O–H groups in total. The molecule has 1 aromatic carbocycles. The molecule has 0 saturated carbocycles. The van der Waals surface area contributed by atoms with Crippen LogP contribution in [-0.2, 0) is 0 Å². The second kappa shape index (κ2) is 4.38. The molecule has 2 heteroatoms. The predicted octanol–water partition coefficient (Wildman–Crippen LogP) is 4.10. The Balaban J connectivity index is 2.18. The van der Waals surface area contributed by atoms with Gasteiger partial charge in [-0.3, -0.25) is 0 Å². The summed E-state index contributed by atoms with van der Waals surface area (Å²) < 4.78 is 5.64. The maximum absolute atomic E-state index is 5.64. The standard InChI is InChI=1S/C12H12OS/c1-2-3-8-14-12-9-10-6-4-5-7-11(10)13-12/h2-7,9H,8H2,1H3/b3-2+. The van der Waals surface area contributed by atoms with Crippen LogP contribution in [0.1, 0.15) is 6.92 Å². The van der Waals surface area contributed by atoms with Gasteiger partial charge in [-0.1, -0.05) is 42.1 Å². The summed E-state index contributed by atoms with van der Waals surface area (Å²) in [6, 6.07) is 10.2. The predicted molar refractivity (Wildman–Crippen MR) is 61.8 cm³/mol. The van der Waals surface area contributed by atoms with E-state index in [0.717, 1.165) is 16.4 Å². The van der Waals surface area contributed by atoms with Gasteiger partial charge >= 0.3 is 0 Å². The van der Waals surface area contributed by atoms with Gasteiger partial charge in [-0.2, -0.15) is 0 Å². The van der Waals surface area contributed by atoms with Crippen LogP contribution in [0.4, 0.5) is 0 Å². The van der Waals surface area contributed by atoms with E-state index in [1.807, 2.05) is 25.1 Å². The fourth-order valence-corrected chi connectivity index (χ4v) is 2.07. The topological polar surface area (TPSA) is 13.1 Å². The molecule has 0 amide bonds. The van der Waals surface area contributed by atoms with Crippen molar-refractivity contribution >= 4 is 22.7 Å². The fraction of sp³-hybridized carbons (Fsp3) is 0.167. The summed E-state index contributed by atoms with van der Waals surface area (Å²) in [6.45, 7) is 2.03. The van der Waals surface area contributed by atoms with Crippen LogP contribution in [0.5, 0.6) is 0 Å². The average Bonchev–Trinajstić information content (AvgIpc) is 2.60. The minimum atomic E-state index is 0.968. The Morgan fingerprint density at radius 3 is 3.00 bits per heavy atom. The van der Waals surface area contributed by atoms with Gasteiger partial charge in [0, 0.05) is 11.1 Å². The zero-order chi connectivity index (χ0) is 9.80. The van der Waals surface area contributed by atoms with Crippen LogP contribution in [-0.4, -0.2) is 5.75 Å². The number of hydrogen-bond donors (Lipinski definition) is 0. The van der Waals surface area contributed by atoms with Crippen molar-refractivity contribution in [1.82, 2.24) is 0 Å². The quantitative estimate of drug-likeness (QED) is 0.551. The van der Waals surface area contributed by atoms with Crippen LogP contribution in [0, 0.1) is 0 Å². The van der Waals surface area contributed by atoms with Crippen LogP contribution in [0.3, 0.4) is 0 Å². The van der Waals surface area contributed by atoms with Gasteiger partial charge in [-0.15, -0.1) is 0 Å². The molecule has 0 fully saturated rings. The van der Waals surface area contributed by atoms with Crippen molar-refractivity contribution in [2.75, 3.05) is 5.75 Å². The molecule has 0 aliphatic rings. The van der Waals surface area contributed by atoms with Gasteiger partial charge in [0.05, 0.1) is 0 Å². The molecule has 72 valence electrons. The molecule has 2 aromatic rings. The first-order valence-corrected chi connectivity index (χ1v) is 5.61. The Hall–Kier alpha value is -1.15. The van der Waals surface area contributed by atoms with E-state index in [-0.39, 0.29) is 0 Å². The summed E-state index contributed by atoms with van der Waals surface area (Å²) in [5, 5.41) is 2.17. The summed E-state index contributed by atoms with van der Waals surface area (Å²) in [7, 11) is 0. The number of hydrogen-bond acceptors (Lipinski definition) is 2. The number of allylic oxidation sites excluding steroid dienone is 1.